The molecule has 2 aliphatic rings. The van der Waals surface area contributed by atoms with Crippen molar-refractivity contribution in [2.24, 2.45) is 0 Å². The molecule has 0 spiro atoms. The van der Waals surface area contributed by atoms with Crippen molar-refractivity contribution >= 4 is 34.5 Å². The van der Waals surface area contributed by atoms with E-state index in [1.54, 1.807) is 18.2 Å². The Morgan fingerprint density at radius 2 is 2.37 bits per heavy atom. The molecule has 1 aromatic rings. The summed E-state index contributed by atoms with van der Waals surface area (Å²) in [6.45, 7) is 2.12. The molecule has 7 heteroatoms. The van der Waals surface area contributed by atoms with E-state index in [1.165, 1.54) is 0 Å². The molecule has 2 unspecified atom stereocenters. The zero-order chi connectivity index (χ0) is 13.6. The number of halogens is 2. The summed E-state index contributed by atoms with van der Waals surface area (Å²) in [6.07, 6.45) is 0. The van der Waals surface area contributed by atoms with Gasteiger partial charge < -0.3 is 0 Å². The number of carbonyl (C=O) groups excluding carboxylic acids is 2. The van der Waals surface area contributed by atoms with Gasteiger partial charge >= 0.3 is 135 Å². The van der Waals surface area contributed by atoms with Crippen LogP contribution in [0.1, 0.15) is 22.8 Å². The molecule has 102 valence electrons. The fourth-order valence-electron chi connectivity index (χ4n) is 1.72. The van der Waals surface area contributed by atoms with Crippen LogP contribution in [0.3, 0.4) is 0 Å². The zero-order valence-electron chi connectivity index (χ0n) is 9.91. The number of rotatable bonds is 3. The Balaban J connectivity index is 1.77. The van der Waals surface area contributed by atoms with E-state index in [9.17, 15) is 9.59 Å². The first-order valence-corrected chi connectivity index (χ1v) is 8.98. The van der Waals surface area contributed by atoms with Crippen LogP contribution in [0.4, 0.5) is 0 Å². The summed E-state index contributed by atoms with van der Waals surface area (Å²) in [5, 5.41) is 0. The summed E-state index contributed by atoms with van der Waals surface area (Å²) < 4.78 is 13.3. The molecule has 0 saturated carbocycles. The fourth-order valence-corrected chi connectivity index (χ4v) is 5.01. The number of hydrogen-bond donors (Lipinski definition) is 1. The summed E-state index contributed by atoms with van der Waals surface area (Å²) in [6, 6.07) is 4.96. The van der Waals surface area contributed by atoms with Gasteiger partial charge in [0.15, 0.2) is 0 Å². The molecular formula is C12H10I2NO4-. The van der Waals surface area contributed by atoms with Crippen molar-refractivity contribution in [3.63, 3.8) is 0 Å². The van der Waals surface area contributed by atoms with Crippen molar-refractivity contribution in [1.29, 1.82) is 0 Å². The van der Waals surface area contributed by atoms with Gasteiger partial charge in [-0.25, -0.2) is 0 Å². The van der Waals surface area contributed by atoms with Crippen LogP contribution in [0.15, 0.2) is 18.2 Å². The van der Waals surface area contributed by atoms with Crippen molar-refractivity contribution in [2.45, 2.75) is 21.0 Å². The average Bonchev–Trinajstić information content (AvgIpc) is 3.16. The van der Waals surface area contributed by atoms with Gasteiger partial charge in [0.1, 0.15) is 0 Å². The summed E-state index contributed by atoms with van der Waals surface area (Å²) >= 11 is 2.07. The number of ether oxygens (including phenoxy) is 2. The molecule has 0 amide bonds. The second kappa shape index (κ2) is 4.85. The van der Waals surface area contributed by atoms with Crippen LogP contribution in [0.2, 0.25) is 0 Å². The maximum atomic E-state index is 12.1. The second-order valence-corrected chi connectivity index (χ2v) is 9.17. The van der Waals surface area contributed by atoms with Gasteiger partial charge in [0.2, 0.25) is 0 Å². The molecule has 2 aliphatic heterocycles. The van der Waals surface area contributed by atoms with Crippen LogP contribution in [0.5, 0.6) is 5.75 Å². The standard InChI is InChI=1S/C12H10I2NO4/c1-12(13,10-14-15-10)11(17)19-7-2-3-8-6(4-7)5-18-9(8)16/h2-4,10,15H,5H2,1H3/q-1. The van der Waals surface area contributed by atoms with Gasteiger partial charge in [0, 0.05) is 0 Å². The number of nitrogens with one attached hydrogen (secondary N) is 1. The SMILES string of the molecule is CC(I)(C(=O)Oc1ccc2c(c1)COC2=O)C1N[I-]1. The predicted octanol–water partition coefficient (Wildman–Crippen LogP) is -1.61. The van der Waals surface area contributed by atoms with Crippen molar-refractivity contribution in [3.8, 4) is 5.75 Å². The molecule has 2 heterocycles. The third kappa shape index (κ3) is 2.59. The van der Waals surface area contributed by atoms with Gasteiger partial charge in [0.25, 0.3) is 0 Å². The van der Waals surface area contributed by atoms with Gasteiger partial charge in [-0.05, 0) is 0 Å². The number of hydrogen-bond acceptors (Lipinski definition) is 5. The molecule has 1 saturated heterocycles. The first kappa shape index (κ1) is 13.6. The summed E-state index contributed by atoms with van der Waals surface area (Å²) in [4.78, 5) is 23.4. The topological polar surface area (TPSA) is 74.5 Å². The quantitative estimate of drug-likeness (QED) is 0.106. The van der Waals surface area contributed by atoms with Crippen LogP contribution >= 0.6 is 22.6 Å². The number of fused-ring (bicyclic) bond motifs is 1. The van der Waals surface area contributed by atoms with Crippen molar-refractivity contribution in [3.05, 3.63) is 29.3 Å². The number of esters is 2. The summed E-state index contributed by atoms with van der Waals surface area (Å²) in [5.74, 6) is -0.115. The fraction of sp³-hybridized carbons (Fsp3) is 0.333. The molecule has 1 N–H and O–H groups in total. The van der Waals surface area contributed by atoms with E-state index in [-0.39, 0.29) is 44.1 Å². The van der Waals surface area contributed by atoms with E-state index >= 15 is 0 Å². The molecule has 1 fully saturated rings. The van der Waals surface area contributed by atoms with Crippen LogP contribution < -0.4 is 29.7 Å². The van der Waals surface area contributed by atoms with E-state index in [1.807, 2.05) is 6.92 Å². The van der Waals surface area contributed by atoms with Crippen LogP contribution in [0.25, 0.3) is 0 Å². The van der Waals surface area contributed by atoms with Gasteiger partial charge in [-0.15, -0.1) is 0 Å². The van der Waals surface area contributed by atoms with E-state index in [0.29, 0.717) is 11.3 Å². The van der Waals surface area contributed by atoms with Crippen molar-refractivity contribution in [1.82, 2.24) is 3.53 Å². The third-order valence-corrected chi connectivity index (χ3v) is 7.71. The number of cyclic esters (lactones) is 1. The van der Waals surface area contributed by atoms with Crippen LogP contribution in [-0.2, 0) is 16.1 Å². The first-order valence-electron chi connectivity index (χ1n) is 5.57. The molecule has 0 bridgehead atoms. The molecule has 0 aromatic heterocycles. The van der Waals surface area contributed by atoms with Gasteiger partial charge in [-0.3, -0.25) is 0 Å². The molecule has 5 nitrogen and oxygen atoms in total. The maximum absolute atomic E-state index is 12.1. The van der Waals surface area contributed by atoms with E-state index in [4.69, 9.17) is 9.47 Å². The van der Waals surface area contributed by atoms with E-state index in [0.717, 1.165) is 5.56 Å². The second-order valence-electron chi connectivity index (χ2n) is 4.44. The molecular weight excluding hydrogens is 476 g/mol. The third-order valence-electron chi connectivity index (χ3n) is 2.96. The monoisotopic (exact) mass is 486 g/mol. The molecule has 3 rings (SSSR count). The Morgan fingerprint density at radius 3 is 3.05 bits per heavy atom. The molecule has 0 aliphatic carbocycles. The number of benzene rings is 1. The molecule has 19 heavy (non-hydrogen) atoms. The summed E-state index contributed by atoms with van der Waals surface area (Å²) in [5.41, 5.74) is 1.31. The average molecular weight is 486 g/mol. The summed E-state index contributed by atoms with van der Waals surface area (Å²) in [7, 11) is 0. The van der Waals surface area contributed by atoms with Crippen LogP contribution in [0, 0.1) is 0 Å². The minimum atomic E-state index is -0.531. The van der Waals surface area contributed by atoms with Gasteiger partial charge in [-0.2, -0.15) is 0 Å². The first-order chi connectivity index (χ1) is 8.98. The van der Waals surface area contributed by atoms with Gasteiger partial charge in [0.05, 0.1) is 0 Å². The Bertz CT molecular complexity index is 569. The molecule has 1 aromatic carbocycles. The predicted molar refractivity (Wildman–Crippen MR) is 70.5 cm³/mol. The minimum absolute atomic E-state index is 0.0594. The Kier molecular flexibility index (Phi) is 3.46. The van der Waals surface area contributed by atoms with Crippen LogP contribution in [-0.4, -0.2) is 19.4 Å². The van der Waals surface area contributed by atoms with Crippen molar-refractivity contribution in [2.75, 3.05) is 0 Å². The van der Waals surface area contributed by atoms with Crippen molar-refractivity contribution < 1.29 is 40.5 Å². The van der Waals surface area contributed by atoms with E-state index < -0.39 is 3.42 Å². The number of alkyl halides is 2. The zero-order valence-corrected chi connectivity index (χ0v) is 14.2. The number of carbonyl (C=O) groups is 2. The Labute approximate surface area is 134 Å². The molecule has 2 atom stereocenters. The Hall–Kier alpha value is -0.420. The normalized spacial score (nSPS) is 23.7. The molecule has 0 radical (unpaired) electrons. The Morgan fingerprint density at radius 1 is 1.63 bits per heavy atom. The van der Waals surface area contributed by atoms with E-state index in [2.05, 4.69) is 26.1 Å². The van der Waals surface area contributed by atoms with Gasteiger partial charge in [-0.1, -0.05) is 0 Å².